The lowest BCUT2D eigenvalue weighted by atomic mass is 9.84. The Morgan fingerprint density at radius 2 is 1.50 bits per heavy atom. The van der Waals surface area contributed by atoms with Crippen LogP contribution in [0.1, 0.15) is 36.2 Å². The Morgan fingerprint density at radius 1 is 0.821 bits per heavy atom. The van der Waals surface area contributed by atoms with E-state index in [1.165, 1.54) is 5.56 Å². The molecule has 0 atom stereocenters. The molecule has 4 heteroatoms. The van der Waals surface area contributed by atoms with Crippen LogP contribution >= 0.6 is 0 Å². The van der Waals surface area contributed by atoms with E-state index < -0.39 is 0 Å². The molecule has 28 heavy (non-hydrogen) atoms. The highest BCUT2D eigenvalue weighted by Crippen LogP contribution is 2.21. The Labute approximate surface area is 166 Å². The summed E-state index contributed by atoms with van der Waals surface area (Å²) in [5, 5.41) is 7.91. The summed E-state index contributed by atoms with van der Waals surface area (Å²) < 4.78 is 0. The maximum atomic E-state index is 12.3. The Kier molecular flexibility index (Phi) is 6.09. The van der Waals surface area contributed by atoms with Crippen molar-refractivity contribution in [3.05, 3.63) is 83.9 Å². The first kappa shape index (κ1) is 19.6. The van der Waals surface area contributed by atoms with Crippen LogP contribution in [0.3, 0.4) is 0 Å². The smallest absolute Gasteiger partial charge is 0.251 e. The molecule has 0 radical (unpaired) electrons. The summed E-state index contributed by atoms with van der Waals surface area (Å²) in [6.45, 7) is 5.06. The van der Waals surface area contributed by atoms with Crippen molar-refractivity contribution >= 4 is 22.6 Å². The van der Waals surface area contributed by atoms with E-state index in [2.05, 4.69) is 36.6 Å². The SMILES string of the molecule is CC(C)(CNC(=O)CCNC(=O)c1ccc2ccccc2c1)c1ccccc1. The monoisotopic (exact) mass is 374 g/mol. The number of hydrogen-bond acceptors (Lipinski definition) is 2. The van der Waals surface area contributed by atoms with E-state index in [1.807, 2.05) is 54.6 Å². The Morgan fingerprint density at radius 3 is 2.25 bits per heavy atom. The molecule has 0 aliphatic rings. The quantitative estimate of drug-likeness (QED) is 0.655. The van der Waals surface area contributed by atoms with Crippen molar-refractivity contribution in [1.82, 2.24) is 10.6 Å². The Hall–Kier alpha value is -3.14. The third-order valence-corrected chi connectivity index (χ3v) is 4.93. The van der Waals surface area contributed by atoms with Gasteiger partial charge in [-0.05, 0) is 28.5 Å². The first-order valence-corrected chi connectivity index (χ1v) is 9.55. The molecule has 0 spiro atoms. The fraction of sp³-hybridized carbons (Fsp3) is 0.250. The lowest BCUT2D eigenvalue weighted by molar-refractivity contribution is -0.121. The maximum absolute atomic E-state index is 12.3. The number of hydrogen-bond donors (Lipinski definition) is 2. The number of benzene rings is 3. The number of amides is 2. The number of rotatable bonds is 7. The van der Waals surface area contributed by atoms with Gasteiger partial charge in [-0.2, -0.15) is 0 Å². The van der Waals surface area contributed by atoms with Crippen molar-refractivity contribution in [2.45, 2.75) is 25.7 Å². The molecule has 0 bridgehead atoms. The second kappa shape index (κ2) is 8.70. The minimum atomic E-state index is -0.164. The molecule has 0 aliphatic carbocycles. The van der Waals surface area contributed by atoms with Crippen molar-refractivity contribution in [3.63, 3.8) is 0 Å². The van der Waals surface area contributed by atoms with E-state index in [-0.39, 0.29) is 23.7 Å². The van der Waals surface area contributed by atoms with Crippen LogP contribution in [0.2, 0.25) is 0 Å². The second-order valence-electron chi connectivity index (χ2n) is 7.59. The number of carbonyl (C=O) groups is 2. The Bertz CT molecular complexity index is 965. The summed E-state index contributed by atoms with van der Waals surface area (Å²) in [4.78, 5) is 24.5. The topological polar surface area (TPSA) is 58.2 Å². The van der Waals surface area contributed by atoms with Crippen LogP contribution in [0.4, 0.5) is 0 Å². The van der Waals surface area contributed by atoms with Gasteiger partial charge in [0.1, 0.15) is 0 Å². The van der Waals surface area contributed by atoms with Crippen LogP contribution in [0.5, 0.6) is 0 Å². The van der Waals surface area contributed by atoms with Gasteiger partial charge < -0.3 is 10.6 Å². The summed E-state index contributed by atoms with van der Waals surface area (Å²) in [5.74, 6) is -0.231. The molecule has 0 aromatic heterocycles. The molecule has 0 saturated heterocycles. The van der Waals surface area contributed by atoms with Gasteiger partial charge in [-0.3, -0.25) is 9.59 Å². The minimum Gasteiger partial charge on any atom is -0.355 e. The molecule has 144 valence electrons. The molecular weight excluding hydrogens is 348 g/mol. The highest BCUT2D eigenvalue weighted by Gasteiger charge is 2.21. The summed E-state index contributed by atoms with van der Waals surface area (Å²) in [7, 11) is 0. The molecular formula is C24H26N2O2. The van der Waals surface area contributed by atoms with Crippen LogP contribution in [0.15, 0.2) is 72.8 Å². The van der Waals surface area contributed by atoms with Crippen LogP contribution < -0.4 is 10.6 Å². The van der Waals surface area contributed by atoms with Crippen LogP contribution in [-0.2, 0) is 10.2 Å². The fourth-order valence-electron chi connectivity index (χ4n) is 3.12. The zero-order valence-corrected chi connectivity index (χ0v) is 16.4. The molecule has 3 aromatic carbocycles. The van der Waals surface area contributed by atoms with Crippen LogP contribution in [0.25, 0.3) is 10.8 Å². The van der Waals surface area contributed by atoms with E-state index >= 15 is 0 Å². The number of fused-ring (bicyclic) bond motifs is 1. The maximum Gasteiger partial charge on any atom is 0.251 e. The average Bonchev–Trinajstić information content (AvgIpc) is 2.72. The third kappa shape index (κ3) is 4.97. The summed E-state index contributed by atoms with van der Waals surface area (Å²) in [6, 6.07) is 23.6. The highest BCUT2D eigenvalue weighted by molar-refractivity contribution is 5.98. The highest BCUT2D eigenvalue weighted by atomic mass is 16.2. The van der Waals surface area contributed by atoms with Crippen LogP contribution in [0, 0.1) is 0 Å². The zero-order valence-electron chi connectivity index (χ0n) is 16.4. The van der Waals surface area contributed by atoms with Crippen molar-refractivity contribution in [2.24, 2.45) is 0 Å². The van der Waals surface area contributed by atoms with Gasteiger partial charge in [0.15, 0.2) is 0 Å². The van der Waals surface area contributed by atoms with Gasteiger partial charge in [-0.25, -0.2) is 0 Å². The molecule has 2 amide bonds. The summed E-state index contributed by atoms with van der Waals surface area (Å²) >= 11 is 0. The molecule has 4 nitrogen and oxygen atoms in total. The third-order valence-electron chi connectivity index (χ3n) is 4.93. The lowest BCUT2D eigenvalue weighted by Crippen LogP contribution is -2.38. The van der Waals surface area contributed by atoms with Crippen molar-refractivity contribution < 1.29 is 9.59 Å². The summed E-state index contributed by atoms with van der Waals surface area (Å²) in [5.41, 5.74) is 1.63. The van der Waals surface area contributed by atoms with E-state index in [0.717, 1.165) is 10.8 Å². The van der Waals surface area contributed by atoms with E-state index in [9.17, 15) is 9.59 Å². The van der Waals surface area contributed by atoms with Gasteiger partial charge in [-0.15, -0.1) is 0 Å². The molecule has 0 fully saturated rings. The van der Waals surface area contributed by atoms with Gasteiger partial charge in [0.2, 0.25) is 5.91 Å². The van der Waals surface area contributed by atoms with Crippen molar-refractivity contribution in [2.75, 3.05) is 13.1 Å². The lowest BCUT2D eigenvalue weighted by Gasteiger charge is -2.25. The van der Waals surface area contributed by atoms with E-state index in [0.29, 0.717) is 18.7 Å². The largest absolute Gasteiger partial charge is 0.355 e. The van der Waals surface area contributed by atoms with Gasteiger partial charge in [0.05, 0.1) is 0 Å². The number of nitrogens with one attached hydrogen (secondary N) is 2. The van der Waals surface area contributed by atoms with Crippen LogP contribution in [-0.4, -0.2) is 24.9 Å². The molecule has 0 aliphatic heterocycles. The van der Waals surface area contributed by atoms with E-state index in [4.69, 9.17) is 0 Å². The Balaban J connectivity index is 1.46. The first-order valence-electron chi connectivity index (χ1n) is 9.55. The van der Waals surface area contributed by atoms with E-state index in [1.54, 1.807) is 6.07 Å². The average molecular weight is 374 g/mol. The standard InChI is InChI=1S/C24H26N2O2/c1-24(2,21-10-4-3-5-11-21)17-26-22(27)14-15-25-23(28)20-13-12-18-8-6-7-9-19(18)16-20/h3-13,16H,14-15,17H2,1-2H3,(H,25,28)(H,26,27). The van der Waals surface area contributed by atoms with Gasteiger partial charge in [0.25, 0.3) is 5.91 Å². The van der Waals surface area contributed by atoms with Gasteiger partial charge >= 0.3 is 0 Å². The predicted molar refractivity (Wildman–Crippen MR) is 113 cm³/mol. The molecule has 0 unspecified atom stereocenters. The van der Waals surface area contributed by atoms with Crippen molar-refractivity contribution in [1.29, 1.82) is 0 Å². The zero-order chi connectivity index (χ0) is 20.0. The number of carbonyl (C=O) groups excluding carboxylic acids is 2. The molecule has 3 rings (SSSR count). The molecule has 3 aromatic rings. The normalized spacial score (nSPS) is 11.2. The predicted octanol–water partition coefficient (Wildman–Crippen LogP) is 4.05. The second-order valence-corrected chi connectivity index (χ2v) is 7.59. The molecule has 2 N–H and O–H groups in total. The minimum absolute atomic E-state index is 0.0668. The van der Waals surface area contributed by atoms with Crippen molar-refractivity contribution in [3.8, 4) is 0 Å². The molecule has 0 heterocycles. The molecule has 0 saturated carbocycles. The first-order chi connectivity index (χ1) is 13.5. The summed E-state index contributed by atoms with van der Waals surface area (Å²) in [6.07, 6.45) is 0.254. The fourth-order valence-corrected chi connectivity index (χ4v) is 3.12. The van der Waals surface area contributed by atoms with Gasteiger partial charge in [0, 0.05) is 30.5 Å². The van der Waals surface area contributed by atoms with Gasteiger partial charge in [-0.1, -0.05) is 74.5 Å².